The van der Waals surface area contributed by atoms with Gasteiger partial charge in [-0.25, -0.2) is 27.5 Å². The average Bonchev–Trinajstić information content (AvgIpc) is 3.15. The van der Waals surface area contributed by atoms with Crippen molar-refractivity contribution in [3.8, 4) is 44.9 Å². The van der Waals surface area contributed by atoms with Gasteiger partial charge in [0.15, 0.2) is 5.82 Å². The third-order valence-corrected chi connectivity index (χ3v) is 8.73. The van der Waals surface area contributed by atoms with Crippen molar-refractivity contribution in [1.82, 2.24) is 9.97 Å². The Kier molecular flexibility index (Phi) is 8.30. The predicted octanol–water partition coefficient (Wildman–Crippen LogP) is 12.3. The molecule has 1 aromatic heterocycles. The Balaban J connectivity index is 1.36. The summed E-state index contributed by atoms with van der Waals surface area (Å²) in [6.07, 6.45) is 0. The monoisotopic (exact) mass is 673 g/mol. The van der Waals surface area contributed by atoms with Crippen molar-refractivity contribution >= 4 is 28.0 Å². The highest BCUT2D eigenvalue weighted by molar-refractivity contribution is 5.97. The van der Waals surface area contributed by atoms with E-state index in [1.807, 2.05) is 95.9 Å². The fourth-order valence-electron chi connectivity index (χ4n) is 6.38. The summed E-state index contributed by atoms with van der Waals surface area (Å²) < 4.78 is 60.1. The summed E-state index contributed by atoms with van der Waals surface area (Å²) in [4.78, 5) is 11.9. The molecular weight excluding hydrogens is 646 g/mol. The molecule has 0 spiro atoms. The molecule has 0 bridgehead atoms. The molecule has 3 nitrogen and oxygen atoms in total. The number of fused-ring (bicyclic) bond motifs is 1. The summed E-state index contributed by atoms with van der Waals surface area (Å²) in [5, 5.41) is 0.814. The topological polar surface area (TPSA) is 29.0 Å². The number of nitrogens with zero attached hydrogens (tertiary/aromatic N) is 3. The van der Waals surface area contributed by atoms with Crippen molar-refractivity contribution in [3.63, 3.8) is 0 Å². The van der Waals surface area contributed by atoms with Gasteiger partial charge in [0.1, 0.15) is 23.3 Å². The maximum Gasteiger partial charge on any atom is 0.160 e. The Labute approximate surface area is 291 Å². The predicted molar refractivity (Wildman–Crippen MR) is 196 cm³/mol. The van der Waals surface area contributed by atoms with Crippen LogP contribution >= 0.6 is 0 Å². The quantitative estimate of drug-likeness (QED) is 0.158. The van der Waals surface area contributed by atoms with Gasteiger partial charge in [-0.15, -0.1) is 0 Å². The fraction of sp³-hybridized carbons (Fsp3) is 0. The molecule has 0 saturated carbocycles. The van der Waals surface area contributed by atoms with E-state index in [2.05, 4.69) is 0 Å². The number of anilines is 3. The molecule has 7 aromatic carbocycles. The van der Waals surface area contributed by atoms with Crippen LogP contribution in [0.25, 0.3) is 55.8 Å². The Bertz CT molecular complexity index is 2400. The Hall–Kier alpha value is -6.60. The van der Waals surface area contributed by atoms with E-state index in [1.165, 1.54) is 36.4 Å². The minimum absolute atomic E-state index is 0.160. The highest BCUT2D eigenvalue weighted by Crippen LogP contribution is 2.41. The molecule has 0 N–H and O–H groups in total. The second-order valence-electron chi connectivity index (χ2n) is 12.0. The molecular formula is C44H27F4N3. The lowest BCUT2D eigenvalue weighted by atomic mass is 10.0. The first kappa shape index (κ1) is 31.7. The van der Waals surface area contributed by atoms with Crippen LogP contribution in [0.15, 0.2) is 164 Å². The van der Waals surface area contributed by atoms with Crippen molar-refractivity contribution in [1.29, 1.82) is 0 Å². The lowest BCUT2D eigenvalue weighted by molar-refractivity contribution is 0.589. The van der Waals surface area contributed by atoms with E-state index in [0.29, 0.717) is 39.5 Å². The van der Waals surface area contributed by atoms with E-state index in [1.54, 1.807) is 36.4 Å². The van der Waals surface area contributed by atoms with Gasteiger partial charge in [-0.05, 0) is 77.9 Å². The first-order chi connectivity index (χ1) is 24.9. The molecule has 1 heterocycles. The summed E-state index contributed by atoms with van der Waals surface area (Å²) >= 11 is 0. The van der Waals surface area contributed by atoms with Crippen LogP contribution in [0.1, 0.15) is 0 Å². The van der Waals surface area contributed by atoms with Gasteiger partial charge in [-0.3, -0.25) is 0 Å². The average molecular weight is 674 g/mol. The smallest absolute Gasteiger partial charge is 0.160 e. The van der Waals surface area contributed by atoms with E-state index >= 15 is 17.6 Å². The first-order valence-electron chi connectivity index (χ1n) is 16.3. The maximum atomic E-state index is 15.0. The van der Waals surface area contributed by atoms with Crippen molar-refractivity contribution in [2.24, 2.45) is 0 Å². The first-order valence-corrected chi connectivity index (χ1v) is 16.3. The minimum atomic E-state index is -0.694. The molecule has 0 unspecified atom stereocenters. The van der Waals surface area contributed by atoms with Crippen LogP contribution in [0.3, 0.4) is 0 Å². The van der Waals surface area contributed by atoms with Crippen molar-refractivity contribution in [3.05, 3.63) is 187 Å². The van der Waals surface area contributed by atoms with Gasteiger partial charge in [0, 0.05) is 33.6 Å². The molecule has 246 valence electrons. The third kappa shape index (κ3) is 6.10. The van der Waals surface area contributed by atoms with Crippen molar-refractivity contribution in [2.45, 2.75) is 0 Å². The van der Waals surface area contributed by atoms with E-state index in [9.17, 15) is 0 Å². The van der Waals surface area contributed by atoms with E-state index < -0.39 is 23.3 Å². The highest BCUT2D eigenvalue weighted by Gasteiger charge is 2.20. The molecule has 0 fully saturated rings. The Morgan fingerprint density at radius 1 is 0.373 bits per heavy atom. The van der Waals surface area contributed by atoms with Gasteiger partial charge in [-0.2, -0.15) is 0 Å². The van der Waals surface area contributed by atoms with E-state index in [-0.39, 0.29) is 11.1 Å². The highest BCUT2D eigenvalue weighted by atomic mass is 19.1. The lowest BCUT2D eigenvalue weighted by Gasteiger charge is -2.27. The molecule has 8 rings (SSSR count). The zero-order valence-electron chi connectivity index (χ0n) is 26.9. The van der Waals surface area contributed by atoms with Crippen LogP contribution in [0.4, 0.5) is 34.6 Å². The van der Waals surface area contributed by atoms with E-state index in [4.69, 9.17) is 9.97 Å². The number of aromatic nitrogens is 2. The minimum Gasteiger partial charge on any atom is -0.310 e. The van der Waals surface area contributed by atoms with Gasteiger partial charge < -0.3 is 4.90 Å². The molecule has 0 saturated heterocycles. The van der Waals surface area contributed by atoms with Gasteiger partial charge in [0.25, 0.3) is 0 Å². The molecule has 0 aliphatic carbocycles. The molecule has 0 amide bonds. The summed E-state index contributed by atoms with van der Waals surface area (Å²) in [5.74, 6) is -2.24. The van der Waals surface area contributed by atoms with Gasteiger partial charge >= 0.3 is 0 Å². The zero-order valence-corrected chi connectivity index (χ0v) is 26.9. The molecule has 0 radical (unpaired) electrons. The Morgan fingerprint density at radius 2 is 0.824 bits per heavy atom. The number of hydrogen-bond acceptors (Lipinski definition) is 3. The summed E-state index contributed by atoms with van der Waals surface area (Å²) in [6, 6.07) is 46.5. The lowest BCUT2D eigenvalue weighted by Crippen LogP contribution is -2.11. The van der Waals surface area contributed by atoms with Crippen LogP contribution in [-0.4, -0.2) is 9.97 Å². The molecule has 8 aromatic rings. The molecule has 0 atom stereocenters. The second kappa shape index (κ2) is 13.4. The zero-order chi connectivity index (χ0) is 34.9. The molecule has 7 heteroatoms. The largest absolute Gasteiger partial charge is 0.310 e. The van der Waals surface area contributed by atoms with Crippen molar-refractivity contribution in [2.75, 3.05) is 4.90 Å². The number of hydrogen-bond donors (Lipinski definition) is 0. The summed E-state index contributed by atoms with van der Waals surface area (Å²) in [6.45, 7) is 0. The SMILES string of the molecule is Fc1cccc(F)c1-c1cccc(N(c2cccc(-c3c(F)cccc3F)c2)c2ccc3c(-c4ccccc4)nc(-c4ccccc4)nc3c2)c1. The molecule has 51 heavy (non-hydrogen) atoms. The number of benzene rings is 7. The normalized spacial score (nSPS) is 11.1. The van der Waals surface area contributed by atoms with Crippen LogP contribution < -0.4 is 4.90 Å². The van der Waals surface area contributed by atoms with Crippen molar-refractivity contribution < 1.29 is 17.6 Å². The van der Waals surface area contributed by atoms with E-state index in [0.717, 1.165) is 22.2 Å². The van der Waals surface area contributed by atoms with Crippen LogP contribution in [0.2, 0.25) is 0 Å². The second-order valence-corrected chi connectivity index (χ2v) is 12.0. The van der Waals surface area contributed by atoms with Gasteiger partial charge in [-0.1, -0.05) is 97.1 Å². The van der Waals surface area contributed by atoms with Crippen LogP contribution in [0.5, 0.6) is 0 Å². The van der Waals surface area contributed by atoms with Gasteiger partial charge in [0.05, 0.1) is 22.3 Å². The number of rotatable bonds is 7. The van der Waals surface area contributed by atoms with Gasteiger partial charge in [0.2, 0.25) is 0 Å². The molecule has 0 aliphatic rings. The third-order valence-electron chi connectivity index (χ3n) is 8.73. The molecule has 0 aliphatic heterocycles. The van der Waals surface area contributed by atoms with Crippen LogP contribution in [-0.2, 0) is 0 Å². The van der Waals surface area contributed by atoms with Crippen LogP contribution in [0, 0.1) is 23.3 Å². The number of halogens is 4. The Morgan fingerprint density at radius 3 is 1.35 bits per heavy atom. The summed E-state index contributed by atoms with van der Waals surface area (Å²) in [5.41, 5.74) is 5.27. The fourth-order valence-corrected chi connectivity index (χ4v) is 6.38. The standard InChI is InChI=1S/C44H27F4N3/c45-36-19-9-20-37(46)41(36)30-15-7-17-32(25-30)51(33-18-8-16-31(26-33)42-38(47)21-10-22-39(42)48)34-23-24-35-40(27-34)49-44(29-13-5-2-6-14-29)50-43(35)28-11-3-1-4-12-28/h1-27H. The summed E-state index contributed by atoms with van der Waals surface area (Å²) in [7, 11) is 0. The maximum absolute atomic E-state index is 15.0.